The summed E-state index contributed by atoms with van der Waals surface area (Å²) in [7, 11) is 0. The van der Waals surface area contributed by atoms with E-state index in [0.717, 1.165) is 79.9 Å². The number of aromatic nitrogens is 1. The van der Waals surface area contributed by atoms with Crippen molar-refractivity contribution in [3.05, 3.63) is 131 Å². The highest BCUT2D eigenvalue weighted by Crippen LogP contribution is 2.42. The predicted molar refractivity (Wildman–Crippen MR) is 205 cm³/mol. The van der Waals surface area contributed by atoms with Crippen LogP contribution in [-0.4, -0.2) is 77.0 Å². The Balaban J connectivity index is 1.13. The molecule has 10 nitrogen and oxygen atoms in total. The summed E-state index contributed by atoms with van der Waals surface area (Å²) >= 11 is 0. The van der Waals surface area contributed by atoms with E-state index >= 15 is 4.79 Å². The molecule has 276 valence electrons. The van der Waals surface area contributed by atoms with Gasteiger partial charge in [-0.3, -0.25) is 14.5 Å². The maximum Gasteiger partial charge on any atom is 0.260 e. The molecule has 0 radical (unpaired) electrons. The number of benzene rings is 4. The van der Waals surface area contributed by atoms with Gasteiger partial charge >= 0.3 is 0 Å². The van der Waals surface area contributed by atoms with E-state index in [1.807, 2.05) is 59.5 Å². The van der Waals surface area contributed by atoms with Gasteiger partial charge in [0, 0.05) is 61.4 Å². The zero-order valence-corrected chi connectivity index (χ0v) is 30.3. The topological polar surface area (TPSA) is 96.7 Å². The molecule has 4 aliphatic heterocycles. The number of ether oxygens (including phenoxy) is 3. The first kappa shape index (κ1) is 34.2. The maximum absolute atomic E-state index is 15.2. The molecule has 10 heteroatoms. The second-order valence-corrected chi connectivity index (χ2v) is 14.6. The second kappa shape index (κ2) is 14.7. The van der Waals surface area contributed by atoms with Gasteiger partial charge in [-0.05, 0) is 84.8 Å². The lowest BCUT2D eigenvalue weighted by molar-refractivity contribution is 0.0193. The molecule has 5 heterocycles. The number of phenolic OH excluding ortho intramolecular Hbond substituents is 1. The number of anilines is 1. The summed E-state index contributed by atoms with van der Waals surface area (Å²) < 4.78 is 19.7. The number of aromatic hydroxyl groups is 1. The summed E-state index contributed by atoms with van der Waals surface area (Å²) in [4.78, 5) is 36.3. The Labute approximate surface area is 315 Å². The number of morpholine rings is 1. The molecule has 1 fully saturated rings. The molecule has 4 aromatic carbocycles. The molecule has 1 aromatic heterocycles. The van der Waals surface area contributed by atoms with E-state index in [1.165, 1.54) is 5.56 Å². The predicted octanol–water partition coefficient (Wildman–Crippen LogP) is 6.67. The summed E-state index contributed by atoms with van der Waals surface area (Å²) in [6, 6.07) is 30.8. The van der Waals surface area contributed by atoms with E-state index in [2.05, 4.69) is 27.7 Å². The largest absolute Gasteiger partial charge is 0.508 e. The average molecular weight is 725 g/mol. The van der Waals surface area contributed by atoms with Crippen LogP contribution in [0.5, 0.6) is 17.2 Å². The van der Waals surface area contributed by atoms with E-state index < -0.39 is 0 Å². The smallest absolute Gasteiger partial charge is 0.260 e. The van der Waals surface area contributed by atoms with Crippen molar-refractivity contribution in [3.63, 3.8) is 0 Å². The molecule has 4 aliphatic rings. The first-order chi connectivity index (χ1) is 26.5. The van der Waals surface area contributed by atoms with Crippen molar-refractivity contribution < 1.29 is 28.9 Å². The second-order valence-electron chi connectivity index (χ2n) is 14.6. The Hall–Kier alpha value is -5.58. The van der Waals surface area contributed by atoms with Crippen molar-refractivity contribution in [3.8, 4) is 28.5 Å². The van der Waals surface area contributed by atoms with Crippen LogP contribution in [0.2, 0.25) is 0 Å². The molecular formula is C44H44N4O6. The SMILES string of the molecule is O=C(c1cc(-c2cc3c(cc2C(=O)N2Cc4ccccc4C[C@H]2CN2CCOCC2)OCO3)n2c1CCCC2)N(Cc1ccccc1)c1ccc(O)cc1. The Morgan fingerprint density at radius 2 is 1.54 bits per heavy atom. The molecule has 0 aliphatic carbocycles. The molecule has 1 saturated heterocycles. The number of phenols is 1. The minimum Gasteiger partial charge on any atom is -0.508 e. The van der Waals surface area contributed by atoms with Crippen LogP contribution in [0.3, 0.4) is 0 Å². The minimum atomic E-state index is -0.131. The quantitative estimate of drug-likeness (QED) is 0.191. The number of carbonyl (C=O) groups is 2. The molecule has 0 saturated carbocycles. The zero-order valence-electron chi connectivity index (χ0n) is 30.3. The van der Waals surface area contributed by atoms with Crippen LogP contribution < -0.4 is 14.4 Å². The average Bonchev–Trinajstić information content (AvgIpc) is 3.84. The molecule has 2 amide bonds. The number of amides is 2. The van der Waals surface area contributed by atoms with E-state index in [-0.39, 0.29) is 30.4 Å². The van der Waals surface area contributed by atoms with Crippen LogP contribution in [0.1, 0.15) is 55.9 Å². The lowest BCUT2D eigenvalue weighted by Crippen LogP contribution is -2.52. The summed E-state index contributed by atoms with van der Waals surface area (Å²) in [6.45, 7) is 5.51. The van der Waals surface area contributed by atoms with E-state index in [0.29, 0.717) is 54.6 Å². The normalized spacial score (nSPS) is 17.9. The molecule has 1 N–H and O–H groups in total. The van der Waals surface area contributed by atoms with Gasteiger partial charge in [0.25, 0.3) is 11.8 Å². The third kappa shape index (κ3) is 6.60. The highest BCUT2D eigenvalue weighted by molar-refractivity contribution is 6.09. The van der Waals surface area contributed by atoms with Gasteiger partial charge < -0.3 is 33.7 Å². The fourth-order valence-electron chi connectivity index (χ4n) is 8.46. The Morgan fingerprint density at radius 1 is 0.796 bits per heavy atom. The molecular weight excluding hydrogens is 681 g/mol. The zero-order chi connectivity index (χ0) is 36.6. The molecule has 54 heavy (non-hydrogen) atoms. The molecule has 0 spiro atoms. The lowest BCUT2D eigenvalue weighted by Gasteiger charge is -2.40. The van der Waals surface area contributed by atoms with Crippen molar-refractivity contribution in [2.75, 3.05) is 44.5 Å². The van der Waals surface area contributed by atoms with Crippen molar-refractivity contribution in [1.82, 2.24) is 14.4 Å². The summed E-state index contributed by atoms with van der Waals surface area (Å²) in [5.74, 6) is 1.08. The third-order valence-corrected chi connectivity index (χ3v) is 11.3. The van der Waals surface area contributed by atoms with E-state index in [1.54, 1.807) is 29.2 Å². The number of nitrogens with zero attached hydrogens (tertiary/aromatic N) is 4. The van der Waals surface area contributed by atoms with Crippen LogP contribution in [0.15, 0.2) is 97.1 Å². The van der Waals surface area contributed by atoms with Gasteiger partial charge in [-0.25, -0.2) is 0 Å². The van der Waals surface area contributed by atoms with Crippen LogP contribution in [0.4, 0.5) is 5.69 Å². The van der Waals surface area contributed by atoms with Crippen LogP contribution >= 0.6 is 0 Å². The Kier molecular flexibility index (Phi) is 9.30. The molecule has 0 bridgehead atoms. The molecule has 0 unspecified atom stereocenters. The van der Waals surface area contributed by atoms with Gasteiger partial charge in [-0.2, -0.15) is 0 Å². The highest BCUT2D eigenvalue weighted by atomic mass is 16.7. The Morgan fingerprint density at radius 3 is 2.33 bits per heavy atom. The van der Waals surface area contributed by atoms with E-state index in [4.69, 9.17) is 14.2 Å². The van der Waals surface area contributed by atoms with E-state index in [9.17, 15) is 9.90 Å². The van der Waals surface area contributed by atoms with Gasteiger partial charge in [0.05, 0.1) is 30.9 Å². The standard InChI is InChI=1S/C44H44N4O6/c49-35-15-13-33(14-16-35)47(26-30-8-2-1-3-9-30)44(51)38-23-40(46-17-7-6-12-39(38)46)36-24-41-42(54-29-53-41)25-37(36)43(50)48-27-32-11-5-4-10-31(32)22-34(48)28-45-18-20-52-21-19-45/h1-5,8-11,13-16,23-25,34,49H,6-7,12,17-22,26-29H2/t34-/m0/s1. The number of carbonyl (C=O) groups excluding carboxylic acids is 2. The van der Waals surface area contributed by atoms with Gasteiger partial charge in [0.1, 0.15) is 5.75 Å². The molecule has 9 rings (SSSR count). The van der Waals surface area contributed by atoms with Gasteiger partial charge in [-0.15, -0.1) is 0 Å². The maximum atomic E-state index is 15.2. The minimum absolute atomic E-state index is 0.0287. The van der Waals surface area contributed by atoms with Crippen LogP contribution in [0, 0.1) is 0 Å². The van der Waals surface area contributed by atoms with Gasteiger partial charge in [0.15, 0.2) is 11.5 Å². The van der Waals surface area contributed by atoms with Crippen LogP contribution in [0.25, 0.3) is 11.3 Å². The van der Waals surface area contributed by atoms with Crippen molar-refractivity contribution in [2.24, 2.45) is 0 Å². The third-order valence-electron chi connectivity index (χ3n) is 11.3. The van der Waals surface area contributed by atoms with Crippen molar-refractivity contribution in [2.45, 2.75) is 51.4 Å². The number of hydrogen-bond acceptors (Lipinski definition) is 7. The highest BCUT2D eigenvalue weighted by Gasteiger charge is 2.36. The lowest BCUT2D eigenvalue weighted by atomic mass is 9.92. The number of hydrogen-bond donors (Lipinski definition) is 1. The van der Waals surface area contributed by atoms with Crippen molar-refractivity contribution in [1.29, 1.82) is 0 Å². The number of fused-ring (bicyclic) bond motifs is 3. The van der Waals surface area contributed by atoms with Crippen LogP contribution in [-0.2, 0) is 37.2 Å². The fourth-order valence-corrected chi connectivity index (χ4v) is 8.46. The number of rotatable bonds is 8. The molecule has 1 atom stereocenters. The molecule has 5 aromatic rings. The van der Waals surface area contributed by atoms with Gasteiger partial charge in [-0.1, -0.05) is 54.6 Å². The van der Waals surface area contributed by atoms with Gasteiger partial charge in [0.2, 0.25) is 6.79 Å². The summed E-state index contributed by atoms with van der Waals surface area (Å²) in [5.41, 5.74) is 7.79. The Bertz CT molecular complexity index is 2180. The summed E-state index contributed by atoms with van der Waals surface area (Å²) in [5, 5.41) is 10.1. The van der Waals surface area contributed by atoms with Crippen molar-refractivity contribution >= 4 is 17.5 Å². The first-order valence-corrected chi connectivity index (χ1v) is 19.0. The fraction of sp³-hybridized carbons (Fsp3) is 0.318. The monoisotopic (exact) mass is 724 g/mol. The summed E-state index contributed by atoms with van der Waals surface area (Å²) in [6.07, 6.45) is 3.44. The first-order valence-electron chi connectivity index (χ1n) is 19.0.